The van der Waals surface area contributed by atoms with Crippen LogP contribution in [-0.2, 0) is 20.7 Å². The van der Waals surface area contributed by atoms with Crippen LogP contribution in [0.2, 0.25) is 0 Å². The molecule has 0 aliphatic heterocycles. The van der Waals surface area contributed by atoms with Crippen LogP contribution in [0, 0.1) is 0 Å². The van der Waals surface area contributed by atoms with Gasteiger partial charge in [-0.2, -0.15) is 4.98 Å². The second-order valence-corrected chi connectivity index (χ2v) is 6.83. The Labute approximate surface area is 175 Å². The molecule has 30 heavy (non-hydrogen) atoms. The molecule has 1 heterocycles. The summed E-state index contributed by atoms with van der Waals surface area (Å²) in [7, 11) is 3.39. The molecule has 2 atom stereocenters. The molecular formula is C22H26N2O6. The van der Waals surface area contributed by atoms with E-state index in [1.807, 2.05) is 50.4 Å². The van der Waals surface area contributed by atoms with Gasteiger partial charge < -0.3 is 23.7 Å². The number of carbonyl (C=O) groups is 1. The van der Waals surface area contributed by atoms with E-state index in [0.29, 0.717) is 18.4 Å². The zero-order valence-corrected chi connectivity index (χ0v) is 17.3. The molecule has 0 bridgehead atoms. The first kappa shape index (κ1) is 21.6. The standard InChI is InChI=1S/C22H26N2O6/c1-15(24(2)22-23-18-6-4-5-7-19(18)30-22)29-17-10-8-16(9-11-17)14-20(21(25)26)28-13-12-27-3/h4-11,15,20H,12-14H2,1-3H3,(H,25,26)/t15-,20-/m0/s1. The van der Waals surface area contributed by atoms with Gasteiger partial charge in [-0.25, -0.2) is 4.79 Å². The summed E-state index contributed by atoms with van der Waals surface area (Å²) >= 11 is 0. The van der Waals surface area contributed by atoms with Crippen molar-refractivity contribution in [2.45, 2.75) is 25.7 Å². The summed E-state index contributed by atoms with van der Waals surface area (Å²) in [6.07, 6.45) is -0.985. The van der Waals surface area contributed by atoms with Crippen molar-refractivity contribution in [3.8, 4) is 5.75 Å². The van der Waals surface area contributed by atoms with E-state index in [4.69, 9.17) is 18.6 Å². The minimum Gasteiger partial charge on any atom is -0.479 e. The maximum absolute atomic E-state index is 11.4. The summed E-state index contributed by atoms with van der Waals surface area (Å²) in [4.78, 5) is 17.6. The average molecular weight is 414 g/mol. The van der Waals surface area contributed by atoms with Gasteiger partial charge >= 0.3 is 12.0 Å². The number of aliphatic carboxylic acids is 1. The molecule has 0 radical (unpaired) electrons. The predicted molar refractivity (Wildman–Crippen MR) is 112 cm³/mol. The maximum Gasteiger partial charge on any atom is 0.333 e. The van der Waals surface area contributed by atoms with E-state index >= 15 is 0 Å². The number of ether oxygens (including phenoxy) is 3. The van der Waals surface area contributed by atoms with Gasteiger partial charge in [-0.3, -0.25) is 4.90 Å². The molecule has 2 aromatic carbocycles. The summed E-state index contributed by atoms with van der Waals surface area (Å²) in [5.74, 6) is -0.346. The highest BCUT2D eigenvalue weighted by Gasteiger charge is 2.20. The molecule has 0 saturated heterocycles. The van der Waals surface area contributed by atoms with E-state index in [1.54, 1.807) is 24.1 Å². The molecule has 1 aromatic heterocycles. The first-order chi connectivity index (χ1) is 14.5. The van der Waals surface area contributed by atoms with Crippen LogP contribution in [0.1, 0.15) is 12.5 Å². The molecule has 0 aliphatic carbocycles. The Morgan fingerprint density at radius 3 is 2.57 bits per heavy atom. The number of hydrogen-bond donors (Lipinski definition) is 1. The Morgan fingerprint density at radius 2 is 1.90 bits per heavy atom. The number of aromatic nitrogens is 1. The maximum atomic E-state index is 11.4. The number of para-hydroxylation sites is 2. The van der Waals surface area contributed by atoms with Crippen molar-refractivity contribution < 1.29 is 28.5 Å². The van der Waals surface area contributed by atoms with E-state index < -0.39 is 12.1 Å². The minimum absolute atomic E-state index is 0.230. The van der Waals surface area contributed by atoms with Crippen LogP contribution in [0.15, 0.2) is 52.9 Å². The lowest BCUT2D eigenvalue weighted by molar-refractivity contribution is -0.151. The van der Waals surface area contributed by atoms with Crippen LogP contribution in [0.5, 0.6) is 5.75 Å². The van der Waals surface area contributed by atoms with Crippen LogP contribution in [0.25, 0.3) is 11.1 Å². The number of fused-ring (bicyclic) bond motifs is 1. The minimum atomic E-state index is -1.000. The number of rotatable bonds is 11. The first-order valence-corrected chi connectivity index (χ1v) is 9.65. The summed E-state index contributed by atoms with van der Waals surface area (Å²) < 4.78 is 22.0. The molecule has 8 heteroatoms. The summed E-state index contributed by atoms with van der Waals surface area (Å²) in [6.45, 7) is 2.48. The van der Waals surface area contributed by atoms with Crippen molar-refractivity contribution >= 4 is 23.1 Å². The SMILES string of the molecule is COCCO[C@@H](Cc1ccc(O[C@@H](C)N(C)c2nc3ccccc3o2)cc1)C(=O)O. The van der Waals surface area contributed by atoms with E-state index in [0.717, 1.165) is 16.7 Å². The van der Waals surface area contributed by atoms with Gasteiger partial charge in [0.25, 0.3) is 0 Å². The number of anilines is 1. The zero-order chi connectivity index (χ0) is 21.5. The highest BCUT2D eigenvalue weighted by molar-refractivity contribution is 5.74. The Kier molecular flexibility index (Phi) is 7.26. The van der Waals surface area contributed by atoms with Gasteiger partial charge in [-0.05, 0) is 36.8 Å². The fourth-order valence-electron chi connectivity index (χ4n) is 2.85. The lowest BCUT2D eigenvalue weighted by Gasteiger charge is -2.24. The fourth-order valence-corrected chi connectivity index (χ4v) is 2.85. The molecule has 0 saturated carbocycles. The summed E-state index contributed by atoms with van der Waals surface area (Å²) in [5.41, 5.74) is 2.35. The Morgan fingerprint density at radius 1 is 1.17 bits per heavy atom. The largest absolute Gasteiger partial charge is 0.479 e. The van der Waals surface area contributed by atoms with Crippen LogP contribution >= 0.6 is 0 Å². The normalized spacial score (nSPS) is 13.2. The summed E-state index contributed by atoms with van der Waals surface area (Å²) in [5, 5.41) is 9.32. The molecular weight excluding hydrogens is 388 g/mol. The Hall–Kier alpha value is -3.10. The molecule has 3 rings (SSSR count). The van der Waals surface area contributed by atoms with E-state index in [1.165, 1.54) is 0 Å². The number of methoxy groups -OCH3 is 1. The van der Waals surface area contributed by atoms with E-state index in [9.17, 15) is 9.90 Å². The zero-order valence-electron chi connectivity index (χ0n) is 17.3. The number of hydrogen-bond acceptors (Lipinski definition) is 7. The second kappa shape index (κ2) is 10.1. The number of carboxylic acid groups (broad SMARTS) is 1. The van der Waals surface area contributed by atoms with Gasteiger partial charge in [0, 0.05) is 20.6 Å². The highest BCUT2D eigenvalue weighted by Crippen LogP contribution is 2.23. The van der Waals surface area contributed by atoms with Crippen LogP contribution < -0.4 is 9.64 Å². The molecule has 0 unspecified atom stereocenters. The molecule has 0 amide bonds. The second-order valence-electron chi connectivity index (χ2n) is 6.83. The Bertz CT molecular complexity index is 923. The quantitative estimate of drug-likeness (QED) is 0.377. The Balaban J connectivity index is 1.59. The van der Waals surface area contributed by atoms with Crippen molar-refractivity contribution in [1.82, 2.24) is 4.98 Å². The summed E-state index contributed by atoms with van der Waals surface area (Å²) in [6, 6.07) is 15.3. The van der Waals surface area contributed by atoms with Crippen molar-refractivity contribution in [1.29, 1.82) is 0 Å². The molecule has 1 N–H and O–H groups in total. The first-order valence-electron chi connectivity index (χ1n) is 9.65. The fraction of sp³-hybridized carbons (Fsp3) is 0.364. The topological polar surface area (TPSA) is 94.3 Å². The van der Waals surface area contributed by atoms with Crippen molar-refractivity contribution in [3.05, 3.63) is 54.1 Å². The van der Waals surface area contributed by atoms with Gasteiger partial charge in [-0.1, -0.05) is 24.3 Å². The highest BCUT2D eigenvalue weighted by atomic mass is 16.5. The molecule has 0 spiro atoms. The lowest BCUT2D eigenvalue weighted by atomic mass is 10.1. The van der Waals surface area contributed by atoms with Gasteiger partial charge in [-0.15, -0.1) is 0 Å². The van der Waals surface area contributed by atoms with E-state index in [2.05, 4.69) is 4.98 Å². The predicted octanol–water partition coefficient (Wildman–Crippen LogP) is 3.35. The van der Waals surface area contributed by atoms with Crippen LogP contribution in [-0.4, -0.2) is 55.8 Å². The third-order valence-corrected chi connectivity index (χ3v) is 4.66. The average Bonchev–Trinajstić information content (AvgIpc) is 3.18. The smallest absolute Gasteiger partial charge is 0.333 e. The third-order valence-electron chi connectivity index (χ3n) is 4.66. The number of oxazole rings is 1. The number of carboxylic acids is 1. The molecule has 0 fully saturated rings. The van der Waals surface area contributed by atoms with Crippen molar-refractivity contribution in [3.63, 3.8) is 0 Å². The lowest BCUT2D eigenvalue weighted by Crippen LogP contribution is -2.34. The van der Waals surface area contributed by atoms with Crippen molar-refractivity contribution in [2.24, 2.45) is 0 Å². The van der Waals surface area contributed by atoms with Crippen LogP contribution in [0.3, 0.4) is 0 Å². The number of benzene rings is 2. The third kappa shape index (κ3) is 5.49. The van der Waals surface area contributed by atoms with Gasteiger partial charge in [0.15, 0.2) is 17.9 Å². The van der Waals surface area contributed by atoms with Gasteiger partial charge in [0.1, 0.15) is 11.3 Å². The van der Waals surface area contributed by atoms with Crippen LogP contribution in [0.4, 0.5) is 6.01 Å². The van der Waals surface area contributed by atoms with Crippen molar-refractivity contribution in [2.75, 3.05) is 32.3 Å². The molecule has 8 nitrogen and oxygen atoms in total. The monoisotopic (exact) mass is 414 g/mol. The van der Waals surface area contributed by atoms with E-state index in [-0.39, 0.29) is 19.3 Å². The number of nitrogens with zero attached hydrogens (tertiary/aromatic N) is 2. The van der Waals surface area contributed by atoms with Gasteiger partial charge in [0.2, 0.25) is 0 Å². The molecule has 3 aromatic rings. The molecule has 160 valence electrons. The van der Waals surface area contributed by atoms with Gasteiger partial charge in [0.05, 0.1) is 13.2 Å². The molecule has 0 aliphatic rings.